The molecule has 2 rings (SSSR count). The van der Waals surface area contributed by atoms with Crippen molar-refractivity contribution in [1.82, 2.24) is 0 Å². The monoisotopic (exact) mass is 362 g/mol. The van der Waals surface area contributed by atoms with E-state index in [0.717, 1.165) is 16.5 Å². The zero-order valence-corrected chi connectivity index (χ0v) is 14.2. The van der Waals surface area contributed by atoms with E-state index in [4.69, 9.17) is 9.84 Å². The summed E-state index contributed by atoms with van der Waals surface area (Å²) in [4.78, 5) is 10.9. The Bertz CT molecular complexity index is 618. The van der Waals surface area contributed by atoms with Crippen LogP contribution < -0.4 is 4.74 Å². The number of carbonyl (C=O) groups is 1. The summed E-state index contributed by atoms with van der Waals surface area (Å²) in [7, 11) is 0. The van der Waals surface area contributed by atoms with Crippen molar-refractivity contribution in [2.45, 2.75) is 26.4 Å². The lowest BCUT2D eigenvalue weighted by molar-refractivity contribution is 0.0697. The summed E-state index contributed by atoms with van der Waals surface area (Å²) in [6.45, 7) is 4.31. The van der Waals surface area contributed by atoms with Crippen LogP contribution in [0.3, 0.4) is 0 Å². The predicted octanol–water partition coefficient (Wildman–Crippen LogP) is 5.31. The topological polar surface area (TPSA) is 46.5 Å². The number of aromatic carboxylic acids is 1. The van der Waals surface area contributed by atoms with Gasteiger partial charge < -0.3 is 9.84 Å². The predicted molar refractivity (Wildman–Crippen MR) is 90.4 cm³/mol. The van der Waals surface area contributed by atoms with Crippen molar-refractivity contribution in [3.63, 3.8) is 0 Å². The van der Waals surface area contributed by atoms with Crippen LogP contribution in [0.15, 0.2) is 53.0 Å². The van der Waals surface area contributed by atoms with E-state index >= 15 is 0 Å². The number of ether oxygens (including phenoxy) is 1. The molecule has 0 bridgehead atoms. The molecule has 0 heterocycles. The molecule has 2 aromatic rings. The Labute approximate surface area is 139 Å². The van der Waals surface area contributed by atoms with E-state index in [1.807, 2.05) is 24.3 Å². The first-order valence-electron chi connectivity index (χ1n) is 7.21. The van der Waals surface area contributed by atoms with Crippen molar-refractivity contribution in [2.75, 3.05) is 0 Å². The normalized spacial score (nSPS) is 12.2. The van der Waals surface area contributed by atoms with Crippen LogP contribution in [0.4, 0.5) is 0 Å². The summed E-state index contributed by atoms with van der Waals surface area (Å²) in [6.07, 6.45) is 0.839. The number of halogens is 1. The molecule has 1 N–H and O–H groups in total. The van der Waals surface area contributed by atoms with Crippen LogP contribution in [0, 0.1) is 5.92 Å². The maximum Gasteiger partial charge on any atom is 0.335 e. The van der Waals surface area contributed by atoms with Gasteiger partial charge in [-0.15, -0.1) is 0 Å². The number of benzene rings is 2. The molecule has 116 valence electrons. The van der Waals surface area contributed by atoms with Gasteiger partial charge >= 0.3 is 5.97 Å². The molecule has 1 unspecified atom stereocenters. The average Bonchev–Trinajstić information content (AvgIpc) is 2.47. The number of hydrogen-bond donors (Lipinski definition) is 1. The van der Waals surface area contributed by atoms with E-state index < -0.39 is 5.97 Å². The first-order valence-corrected chi connectivity index (χ1v) is 8.00. The molecule has 0 saturated heterocycles. The molecule has 0 aliphatic rings. The summed E-state index contributed by atoms with van der Waals surface area (Å²) in [6, 6.07) is 14.6. The smallest absolute Gasteiger partial charge is 0.335 e. The standard InChI is InChI=1S/C18H19BrO3/c1-12(2)11-17(13-3-7-15(19)8-4-13)22-16-9-5-14(6-10-16)18(20)21/h3-10,12,17H,11H2,1-2H3,(H,20,21). The quantitative estimate of drug-likeness (QED) is 0.756. The highest BCUT2D eigenvalue weighted by Crippen LogP contribution is 2.28. The van der Waals surface area contributed by atoms with E-state index in [2.05, 4.69) is 29.8 Å². The van der Waals surface area contributed by atoms with Gasteiger partial charge in [0.25, 0.3) is 0 Å². The van der Waals surface area contributed by atoms with Gasteiger partial charge in [0, 0.05) is 4.47 Å². The zero-order valence-electron chi connectivity index (χ0n) is 12.6. The van der Waals surface area contributed by atoms with Crippen molar-refractivity contribution in [3.8, 4) is 5.75 Å². The number of carboxylic acids is 1. The van der Waals surface area contributed by atoms with Crippen LogP contribution in [0.1, 0.15) is 42.3 Å². The minimum Gasteiger partial charge on any atom is -0.486 e. The van der Waals surface area contributed by atoms with Crippen LogP contribution in [0.2, 0.25) is 0 Å². The van der Waals surface area contributed by atoms with Crippen LogP contribution in [-0.2, 0) is 0 Å². The molecule has 1 atom stereocenters. The Kier molecular flexibility index (Phi) is 5.61. The van der Waals surface area contributed by atoms with Gasteiger partial charge in [-0.05, 0) is 54.3 Å². The summed E-state index contributed by atoms with van der Waals surface area (Å²) < 4.78 is 7.11. The van der Waals surface area contributed by atoms with Gasteiger partial charge in [0.15, 0.2) is 0 Å². The summed E-state index contributed by atoms with van der Waals surface area (Å²) in [5, 5.41) is 8.94. The molecule has 4 heteroatoms. The van der Waals surface area contributed by atoms with Gasteiger partial charge in [0.05, 0.1) is 5.56 Å². The lowest BCUT2D eigenvalue weighted by atomic mass is 9.99. The van der Waals surface area contributed by atoms with Crippen LogP contribution in [0.25, 0.3) is 0 Å². The van der Waals surface area contributed by atoms with E-state index in [0.29, 0.717) is 11.7 Å². The second-order valence-corrected chi connectivity index (χ2v) is 6.53. The van der Waals surface area contributed by atoms with E-state index in [1.165, 1.54) is 0 Å². The fourth-order valence-electron chi connectivity index (χ4n) is 2.20. The van der Waals surface area contributed by atoms with Gasteiger partial charge in [-0.25, -0.2) is 4.79 Å². The molecule has 0 radical (unpaired) electrons. The maximum atomic E-state index is 10.9. The van der Waals surface area contributed by atoms with E-state index in [-0.39, 0.29) is 11.7 Å². The number of rotatable bonds is 6. The first kappa shape index (κ1) is 16.6. The second kappa shape index (κ2) is 7.45. The number of carboxylic acid groups (broad SMARTS) is 1. The molecule has 0 amide bonds. The molecule has 22 heavy (non-hydrogen) atoms. The molecule has 0 aliphatic heterocycles. The van der Waals surface area contributed by atoms with Gasteiger partial charge in [0.2, 0.25) is 0 Å². The molecule has 2 aromatic carbocycles. The Balaban J connectivity index is 2.19. The third-order valence-corrected chi connectivity index (χ3v) is 3.84. The summed E-state index contributed by atoms with van der Waals surface area (Å²) >= 11 is 3.44. The van der Waals surface area contributed by atoms with E-state index in [9.17, 15) is 4.79 Å². The largest absolute Gasteiger partial charge is 0.486 e. The van der Waals surface area contributed by atoms with Gasteiger partial charge in [-0.1, -0.05) is 41.9 Å². The maximum absolute atomic E-state index is 10.9. The van der Waals surface area contributed by atoms with E-state index in [1.54, 1.807) is 24.3 Å². The third-order valence-electron chi connectivity index (χ3n) is 3.31. The molecular weight excluding hydrogens is 344 g/mol. The minimum absolute atomic E-state index is 0.0521. The molecule has 0 fully saturated rings. The lowest BCUT2D eigenvalue weighted by Crippen LogP contribution is -2.10. The van der Waals surface area contributed by atoms with Crippen LogP contribution in [-0.4, -0.2) is 11.1 Å². The average molecular weight is 363 g/mol. The molecular formula is C18H19BrO3. The first-order chi connectivity index (χ1) is 10.5. The highest BCUT2D eigenvalue weighted by molar-refractivity contribution is 9.10. The summed E-state index contributed by atoms with van der Waals surface area (Å²) in [5.41, 5.74) is 1.37. The zero-order chi connectivity index (χ0) is 16.1. The van der Waals surface area contributed by atoms with Crippen molar-refractivity contribution in [2.24, 2.45) is 5.92 Å². The second-order valence-electron chi connectivity index (χ2n) is 5.62. The molecule has 0 saturated carbocycles. The van der Waals surface area contributed by atoms with Gasteiger partial charge in [-0.3, -0.25) is 0 Å². The summed E-state index contributed by atoms with van der Waals surface area (Å²) in [5.74, 6) is 0.240. The fourth-order valence-corrected chi connectivity index (χ4v) is 2.46. The Morgan fingerprint density at radius 2 is 1.68 bits per heavy atom. The Hall–Kier alpha value is -1.81. The Morgan fingerprint density at radius 1 is 1.09 bits per heavy atom. The third kappa shape index (κ3) is 4.60. The highest BCUT2D eigenvalue weighted by atomic mass is 79.9. The van der Waals surface area contributed by atoms with Crippen molar-refractivity contribution in [1.29, 1.82) is 0 Å². The molecule has 0 aliphatic carbocycles. The van der Waals surface area contributed by atoms with Crippen molar-refractivity contribution < 1.29 is 14.6 Å². The molecule has 3 nitrogen and oxygen atoms in total. The lowest BCUT2D eigenvalue weighted by Gasteiger charge is -2.21. The van der Waals surface area contributed by atoms with Gasteiger partial charge in [0.1, 0.15) is 11.9 Å². The highest BCUT2D eigenvalue weighted by Gasteiger charge is 2.15. The Morgan fingerprint density at radius 3 is 2.18 bits per heavy atom. The van der Waals surface area contributed by atoms with Crippen LogP contribution in [0.5, 0.6) is 5.75 Å². The fraction of sp³-hybridized carbons (Fsp3) is 0.278. The molecule has 0 aromatic heterocycles. The number of hydrogen-bond acceptors (Lipinski definition) is 2. The van der Waals surface area contributed by atoms with Crippen molar-refractivity contribution in [3.05, 3.63) is 64.1 Å². The van der Waals surface area contributed by atoms with Crippen LogP contribution >= 0.6 is 15.9 Å². The molecule has 0 spiro atoms. The van der Waals surface area contributed by atoms with Gasteiger partial charge in [-0.2, -0.15) is 0 Å². The SMILES string of the molecule is CC(C)CC(Oc1ccc(C(=O)O)cc1)c1ccc(Br)cc1. The minimum atomic E-state index is -0.932. The van der Waals surface area contributed by atoms with Crippen molar-refractivity contribution >= 4 is 21.9 Å².